The van der Waals surface area contributed by atoms with Crippen molar-refractivity contribution < 1.29 is 15.1 Å². The summed E-state index contributed by atoms with van der Waals surface area (Å²) in [5.41, 5.74) is 0.836. The monoisotopic (exact) mass is 500 g/mol. The van der Waals surface area contributed by atoms with Gasteiger partial charge >= 0.3 is 154 Å². The van der Waals surface area contributed by atoms with Crippen LogP contribution >= 0.6 is 15.9 Å². The van der Waals surface area contributed by atoms with E-state index in [1.165, 1.54) is 6.07 Å². The third-order valence-electron chi connectivity index (χ3n) is 3.60. The number of nitrogens with zero attached hydrogens (tertiary/aromatic N) is 1. The summed E-state index contributed by atoms with van der Waals surface area (Å²) in [5.74, 6) is -0.223. The molecule has 1 amide bonds. The Morgan fingerprint density at radius 1 is 1.36 bits per heavy atom. The molecule has 5 nitrogen and oxygen atoms in total. The molecule has 2 unspecified atom stereocenters. The van der Waals surface area contributed by atoms with Crippen LogP contribution in [-0.4, -0.2) is 60.0 Å². The summed E-state index contributed by atoms with van der Waals surface area (Å²) in [6, 6.07) is 5.02. The Labute approximate surface area is 153 Å². The zero-order chi connectivity index (χ0) is 16.3. The molecule has 1 aliphatic carbocycles. The van der Waals surface area contributed by atoms with E-state index in [1.807, 2.05) is 0 Å². The van der Waals surface area contributed by atoms with Gasteiger partial charge in [0.1, 0.15) is 0 Å². The molecular formula is C14H17BrN2O3Se2. The summed E-state index contributed by atoms with van der Waals surface area (Å²) in [5, 5.41) is 24.7. The van der Waals surface area contributed by atoms with E-state index in [2.05, 4.69) is 58.4 Å². The van der Waals surface area contributed by atoms with Crippen molar-refractivity contribution in [1.82, 2.24) is 5.32 Å². The number of oxime groups is 1. The van der Waals surface area contributed by atoms with Gasteiger partial charge < -0.3 is 0 Å². The number of aromatic hydroxyl groups is 1. The maximum atomic E-state index is 12.2. The molecule has 1 saturated carbocycles. The molecule has 0 bridgehead atoms. The topological polar surface area (TPSA) is 81.9 Å². The molecule has 22 heavy (non-hydrogen) atoms. The SMILES string of the molecule is O=C(NC1CC([SeH])C([SeH])C1)/C(Cc1ccc(O)c(Br)c1)=N/O. The predicted octanol–water partition coefficient (Wildman–Crippen LogP) is 1.18. The van der Waals surface area contributed by atoms with Gasteiger partial charge in [-0.25, -0.2) is 0 Å². The summed E-state index contributed by atoms with van der Waals surface area (Å²) >= 11 is 8.50. The Morgan fingerprint density at radius 2 is 2.00 bits per heavy atom. The Hall–Kier alpha value is -0.521. The second kappa shape index (κ2) is 7.84. The molecule has 2 atom stereocenters. The van der Waals surface area contributed by atoms with E-state index in [-0.39, 0.29) is 29.8 Å². The van der Waals surface area contributed by atoms with Crippen molar-refractivity contribution in [3.05, 3.63) is 28.2 Å². The molecule has 8 heteroatoms. The molecule has 3 N–H and O–H groups in total. The third-order valence-corrected chi connectivity index (χ3v) is 7.74. The van der Waals surface area contributed by atoms with Gasteiger partial charge in [0, 0.05) is 0 Å². The van der Waals surface area contributed by atoms with Crippen molar-refractivity contribution in [2.75, 3.05) is 0 Å². The number of hydrogen-bond acceptors (Lipinski definition) is 4. The summed E-state index contributed by atoms with van der Waals surface area (Å²) in [4.78, 5) is 13.2. The molecule has 120 valence electrons. The minimum absolute atomic E-state index is 0.0637. The van der Waals surface area contributed by atoms with Crippen LogP contribution in [0.1, 0.15) is 18.4 Å². The van der Waals surface area contributed by atoms with Crippen LogP contribution in [-0.2, 0) is 11.2 Å². The summed E-state index contributed by atoms with van der Waals surface area (Å²) < 4.78 is 0.539. The number of halogens is 1. The van der Waals surface area contributed by atoms with Crippen molar-refractivity contribution >= 4 is 59.6 Å². The van der Waals surface area contributed by atoms with Crippen molar-refractivity contribution in [3.63, 3.8) is 0 Å². The van der Waals surface area contributed by atoms with Crippen molar-refractivity contribution in [1.29, 1.82) is 0 Å². The van der Waals surface area contributed by atoms with E-state index in [9.17, 15) is 9.90 Å². The van der Waals surface area contributed by atoms with Gasteiger partial charge in [0.05, 0.1) is 0 Å². The number of phenolic OH excluding ortho intramolecular Hbond substituents is 1. The molecule has 1 aromatic carbocycles. The number of phenols is 1. The summed E-state index contributed by atoms with van der Waals surface area (Å²) in [6.07, 6.45) is 2.02. The molecule has 0 aromatic heterocycles. The second-order valence-electron chi connectivity index (χ2n) is 5.29. The van der Waals surface area contributed by atoms with Crippen molar-refractivity contribution in [3.8, 4) is 5.75 Å². The summed E-state index contributed by atoms with van der Waals surface area (Å²) in [7, 11) is 0. The molecule has 0 spiro atoms. The first-order chi connectivity index (χ1) is 10.4. The van der Waals surface area contributed by atoms with Gasteiger partial charge in [0.15, 0.2) is 0 Å². The first-order valence-corrected chi connectivity index (χ1v) is 9.72. The number of carbonyl (C=O) groups excluding carboxylic acids is 1. The second-order valence-corrected chi connectivity index (χ2v) is 8.92. The van der Waals surface area contributed by atoms with Crippen LogP contribution in [0.3, 0.4) is 0 Å². The Balaban J connectivity index is 1.99. The molecule has 1 aliphatic rings. The first kappa shape index (κ1) is 17.8. The van der Waals surface area contributed by atoms with Gasteiger partial charge in [-0.2, -0.15) is 0 Å². The zero-order valence-electron chi connectivity index (χ0n) is 11.6. The normalized spacial score (nSPS) is 25.2. The minimum atomic E-state index is -0.349. The number of nitrogens with one attached hydrogen (secondary N) is 1. The standard InChI is InChI=1S/C14H17BrN2O3Se2/c15-9-3-7(1-2-11(9)18)4-10(17-20)14(19)16-8-5-12(21)13(22)6-8/h1-3,8,12-13,18,20-22H,4-6H2,(H,16,19)/b17-10+. The molecular weight excluding hydrogens is 482 g/mol. The van der Waals surface area contributed by atoms with E-state index in [0.29, 0.717) is 14.1 Å². The van der Waals surface area contributed by atoms with E-state index in [1.54, 1.807) is 12.1 Å². The van der Waals surface area contributed by atoms with E-state index >= 15 is 0 Å². The number of benzene rings is 1. The molecule has 0 heterocycles. The van der Waals surface area contributed by atoms with Crippen LogP contribution < -0.4 is 5.32 Å². The van der Waals surface area contributed by atoms with Crippen LogP contribution in [0.15, 0.2) is 27.8 Å². The fourth-order valence-corrected chi connectivity index (χ4v) is 4.40. The Bertz CT molecular complexity index is 587. The van der Waals surface area contributed by atoms with Gasteiger partial charge in [-0.1, -0.05) is 0 Å². The molecule has 0 saturated heterocycles. The van der Waals surface area contributed by atoms with Gasteiger partial charge in [0.2, 0.25) is 0 Å². The first-order valence-electron chi connectivity index (χ1n) is 6.76. The van der Waals surface area contributed by atoms with E-state index < -0.39 is 0 Å². The van der Waals surface area contributed by atoms with Crippen LogP contribution in [0.25, 0.3) is 0 Å². The number of amides is 1. The molecule has 1 fully saturated rings. The van der Waals surface area contributed by atoms with Gasteiger partial charge in [-0.15, -0.1) is 0 Å². The van der Waals surface area contributed by atoms with Crippen LogP contribution in [0, 0.1) is 0 Å². The fourth-order valence-electron chi connectivity index (χ4n) is 2.39. The summed E-state index contributed by atoms with van der Waals surface area (Å²) in [6.45, 7) is 0. The van der Waals surface area contributed by atoms with Gasteiger partial charge in [0.25, 0.3) is 0 Å². The molecule has 0 radical (unpaired) electrons. The average Bonchev–Trinajstić information content (AvgIpc) is 2.78. The average molecular weight is 499 g/mol. The Morgan fingerprint density at radius 3 is 2.55 bits per heavy atom. The van der Waals surface area contributed by atoms with E-state index in [0.717, 1.165) is 18.4 Å². The van der Waals surface area contributed by atoms with Crippen molar-refractivity contribution in [2.45, 2.75) is 34.9 Å². The number of rotatable bonds is 4. The zero-order valence-corrected chi connectivity index (χ0v) is 16.9. The third kappa shape index (κ3) is 4.49. The maximum absolute atomic E-state index is 12.2. The van der Waals surface area contributed by atoms with E-state index in [4.69, 9.17) is 5.21 Å². The van der Waals surface area contributed by atoms with Crippen LogP contribution in [0.4, 0.5) is 0 Å². The van der Waals surface area contributed by atoms with Gasteiger partial charge in [-0.3, -0.25) is 0 Å². The number of hydrogen-bond donors (Lipinski definition) is 3. The fraction of sp³-hybridized carbons (Fsp3) is 0.429. The van der Waals surface area contributed by atoms with Crippen molar-refractivity contribution in [2.24, 2.45) is 5.16 Å². The number of carbonyl (C=O) groups is 1. The predicted molar refractivity (Wildman–Crippen MR) is 91.7 cm³/mol. The Kier molecular flexibility index (Phi) is 6.35. The van der Waals surface area contributed by atoms with Crippen LogP contribution in [0.2, 0.25) is 9.63 Å². The van der Waals surface area contributed by atoms with Crippen LogP contribution in [0.5, 0.6) is 5.75 Å². The quantitative estimate of drug-likeness (QED) is 0.252. The molecule has 0 aliphatic heterocycles. The molecule has 1 aromatic rings. The molecule has 2 rings (SSSR count). The van der Waals surface area contributed by atoms with Gasteiger partial charge in [-0.05, 0) is 0 Å².